The van der Waals surface area contributed by atoms with Crippen LogP contribution in [0.1, 0.15) is 72.1 Å². The monoisotopic (exact) mass is 400 g/mol. The largest absolute Gasteiger partial charge is 0.507 e. The van der Waals surface area contributed by atoms with Gasteiger partial charge in [0.05, 0.1) is 13.2 Å². The number of unbranched alkanes of at least 4 members (excludes halogenated alkanes) is 6. The molecule has 0 heterocycles. The van der Waals surface area contributed by atoms with Gasteiger partial charge in [-0.2, -0.15) is 0 Å². The van der Waals surface area contributed by atoms with Crippen molar-refractivity contribution >= 4 is 5.97 Å². The molecule has 0 saturated carbocycles. The number of aliphatic hydroxyl groups excluding tert-OH is 3. The van der Waals surface area contributed by atoms with Gasteiger partial charge in [-0.15, -0.1) is 0 Å². The third-order valence-corrected chi connectivity index (χ3v) is 5.03. The first-order chi connectivity index (χ1) is 13.3. The zero-order valence-electron chi connectivity index (χ0n) is 18.1. The highest BCUT2D eigenvalue weighted by atomic mass is 16.4. The lowest BCUT2D eigenvalue weighted by molar-refractivity contribution is -0.924. The summed E-state index contributed by atoms with van der Waals surface area (Å²) in [6, 6.07) is 0. The number of aliphatic carboxylic acids is 1. The predicted octanol–water partition coefficient (Wildman–Crippen LogP) is 4.56. The van der Waals surface area contributed by atoms with E-state index >= 15 is 0 Å². The van der Waals surface area contributed by atoms with E-state index in [4.69, 9.17) is 0 Å². The molecule has 0 aliphatic rings. The van der Waals surface area contributed by atoms with Gasteiger partial charge in [-0.05, 0) is 44.8 Å². The van der Waals surface area contributed by atoms with Crippen molar-refractivity contribution in [1.82, 2.24) is 0 Å². The predicted molar refractivity (Wildman–Crippen MR) is 113 cm³/mol. The highest BCUT2D eigenvalue weighted by Crippen LogP contribution is 2.19. The molecule has 0 amide bonds. The van der Waals surface area contributed by atoms with Gasteiger partial charge in [0.15, 0.2) is 0 Å². The van der Waals surface area contributed by atoms with Gasteiger partial charge in [-0.3, -0.25) is 4.79 Å². The molecule has 0 aromatic heterocycles. The van der Waals surface area contributed by atoms with E-state index in [0.717, 1.165) is 51.4 Å². The smallest absolute Gasteiger partial charge is 0.311 e. The van der Waals surface area contributed by atoms with Gasteiger partial charge in [0.25, 0.3) is 0 Å². The molecule has 0 aliphatic carbocycles. The van der Waals surface area contributed by atoms with Crippen molar-refractivity contribution in [3.63, 3.8) is 0 Å². The summed E-state index contributed by atoms with van der Waals surface area (Å²) in [4.78, 5) is 11.4. The first-order valence-corrected chi connectivity index (χ1v) is 10.7. The van der Waals surface area contributed by atoms with E-state index < -0.39 is 11.9 Å². The van der Waals surface area contributed by atoms with Gasteiger partial charge in [-0.1, -0.05) is 39.5 Å². The molecule has 0 bridgehead atoms. The fraction of sp³-hybridized carbons (Fsp3) is 0.773. The van der Waals surface area contributed by atoms with Crippen LogP contribution in [0.2, 0.25) is 0 Å². The maximum atomic E-state index is 11.4. The maximum Gasteiger partial charge on any atom is 0.311 e. The average molecular weight is 401 g/mol. The van der Waals surface area contributed by atoms with Crippen LogP contribution in [-0.2, 0) is 4.79 Å². The molecule has 0 aliphatic heterocycles. The molecule has 0 spiro atoms. The second kappa shape index (κ2) is 15.4. The summed E-state index contributed by atoms with van der Waals surface area (Å²) in [6.07, 6.45) is 11.5. The van der Waals surface area contributed by atoms with Crippen LogP contribution in [0.4, 0.5) is 0 Å². The molecule has 0 saturated heterocycles. The summed E-state index contributed by atoms with van der Waals surface area (Å²) in [5, 5.41) is 39.8. The molecule has 1 atom stereocenters. The van der Waals surface area contributed by atoms with Gasteiger partial charge < -0.3 is 24.9 Å². The van der Waals surface area contributed by atoms with Crippen LogP contribution in [-0.4, -0.2) is 63.7 Å². The van der Waals surface area contributed by atoms with Crippen LogP contribution in [0.15, 0.2) is 23.7 Å². The highest BCUT2D eigenvalue weighted by molar-refractivity contribution is 5.69. The van der Waals surface area contributed by atoms with Crippen molar-refractivity contribution in [3.05, 3.63) is 23.7 Å². The standard InChI is InChI=1S/C22H41NO5/c1-4-6-8-10-12-20(25)17-23(14-15-24,16-19(3)22(27)28)18-21(26)13-11-9-7-5-2/h12-13,19,24H,4-11,14-18H2,1-3H3,(H2-,25,26,27,28)/p+1/b20-12-,21-13-. The number of aliphatic hydroxyl groups is 3. The van der Waals surface area contributed by atoms with Gasteiger partial charge in [0, 0.05) is 0 Å². The van der Waals surface area contributed by atoms with E-state index in [0.29, 0.717) is 0 Å². The minimum atomic E-state index is -0.918. The molecule has 164 valence electrons. The third-order valence-electron chi connectivity index (χ3n) is 5.03. The normalized spacial score (nSPS) is 16.0. The lowest BCUT2D eigenvalue weighted by atomic mass is 10.1. The molecule has 1 unspecified atom stereocenters. The first kappa shape index (κ1) is 26.5. The number of quaternary nitrogens is 1. The van der Waals surface area contributed by atoms with Crippen LogP contribution < -0.4 is 0 Å². The van der Waals surface area contributed by atoms with Crippen LogP contribution in [0.3, 0.4) is 0 Å². The molecule has 4 N–H and O–H groups in total. The molecule has 6 heteroatoms. The van der Waals surface area contributed by atoms with E-state index in [-0.39, 0.29) is 48.8 Å². The molecule has 0 aromatic rings. The number of nitrogens with zero attached hydrogens (tertiary/aromatic N) is 1. The van der Waals surface area contributed by atoms with Gasteiger partial charge >= 0.3 is 5.97 Å². The lowest BCUT2D eigenvalue weighted by Gasteiger charge is -2.39. The highest BCUT2D eigenvalue weighted by Gasteiger charge is 2.34. The Labute approximate surface area is 170 Å². The Balaban J connectivity index is 5.35. The van der Waals surface area contributed by atoms with Gasteiger partial charge in [-0.25, -0.2) is 0 Å². The minimum Gasteiger partial charge on any atom is -0.507 e. The summed E-state index contributed by atoms with van der Waals surface area (Å²) in [5.74, 6) is -1.17. The summed E-state index contributed by atoms with van der Waals surface area (Å²) in [5.41, 5.74) is 0. The number of carbonyl (C=O) groups is 1. The summed E-state index contributed by atoms with van der Waals surface area (Å²) in [7, 11) is 0. The average Bonchev–Trinajstić information content (AvgIpc) is 2.62. The zero-order chi connectivity index (χ0) is 21.4. The van der Waals surface area contributed by atoms with E-state index in [2.05, 4.69) is 13.8 Å². The number of hydrogen-bond acceptors (Lipinski definition) is 4. The minimum absolute atomic E-state index is 0.121. The van der Waals surface area contributed by atoms with Crippen molar-refractivity contribution in [1.29, 1.82) is 0 Å². The van der Waals surface area contributed by atoms with Gasteiger partial charge in [0.1, 0.15) is 37.1 Å². The van der Waals surface area contributed by atoms with Gasteiger partial charge in [0.2, 0.25) is 0 Å². The molecule has 0 fully saturated rings. The number of carboxylic acid groups (broad SMARTS) is 1. The molecule has 28 heavy (non-hydrogen) atoms. The number of rotatable bonds is 17. The zero-order valence-corrected chi connectivity index (χ0v) is 18.1. The van der Waals surface area contributed by atoms with Crippen LogP contribution in [0, 0.1) is 5.92 Å². The third kappa shape index (κ3) is 12.0. The van der Waals surface area contributed by atoms with Crippen molar-refractivity contribution < 1.29 is 29.7 Å². The van der Waals surface area contributed by atoms with Crippen LogP contribution in [0.5, 0.6) is 0 Å². The SMILES string of the molecule is CCCCC/C=C(\O)C[N+](CCO)(C/C(O)=C/CCCCC)CC(C)C(=O)O. The fourth-order valence-electron chi connectivity index (χ4n) is 3.45. The second-order valence-electron chi connectivity index (χ2n) is 7.91. The Morgan fingerprint density at radius 2 is 1.36 bits per heavy atom. The van der Waals surface area contributed by atoms with E-state index in [1.807, 2.05) is 0 Å². The second-order valence-corrected chi connectivity index (χ2v) is 7.91. The molecule has 0 rings (SSSR count). The Bertz CT molecular complexity index is 459. The Morgan fingerprint density at radius 1 is 0.893 bits per heavy atom. The van der Waals surface area contributed by atoms with Crippen molar-refractivity contribution in [2.75, 3.05) is 32.8 Å². The first-order valence-electron chi connectivity index (χ1n) is 10.7. The van der Waals surface area contributed by atoms with E-state index in [9.17, 15) is 25.2 Å². The molecule has 6 nitrogen and oxygen atoms in total. The Kier molecular flexibility index (Phi) is 14.6. The summed E-state index contributed by atoms with van der Waals surface area (Å²) < 4.78 is 0.121. The van der Waals surface area contributed by atoms with E-state index in [1.165, 1.54) is 0 Å². The topological polar surface area (TPSA) is 98.0 Å². The lowest BCUT2D eigenvalue weighted by Crippen LogP contribution is -2.55. The van der Waals surface area contributed by atoms with Crippen molar-refractivity contribution in [2.24, 2.45) is 5.92 Å². The molecule has 0 radical (unpaired) electrons. The van der Waals surface area contributed by atoms with Crippen molar-refractivity contribution in [2.45, 2.75) is 72.1 Å². The van der Waals surface area contributed by atoms with E-state index in [1.54, 1.807) is 19.1 Å². The molecular weight excluding hydrogens is 358 g/mol. The number of hydrogen-bond donors (Lipinski definition) is 4. The molecular formula is C22H42NO5+. The maximum absolute atomic E-state index is 11.4. The summed E-state index contributed by atoms with van der Waals surface area (Å²) in [6.45, 7) is 6.64. The van der Waals surface area contributed by atoms with Crippen molar-refractivity contribution in [3.8, 4) is 0 Å². The Hall–Kier alpha value is -1.53. The Morgan fingerprint density at radius 3 is 1.71 bits per heavy atom. The molecule has 0 aromatic carbocycles. The van der Waals surface area contributed by atoms with Crippen LogP contribution in [0.25, 0.3) is 0 Å². The quantitative estimate of drug-likeness (QED) is 0.163. The number of allylic oxidation sites excluding steroid dienone is 2. The fourth-order valence-corrected chi connectivity index (χ4v) is 3.45. The van der Waals surface area contributed by atoms with Crippen LogP contribution >= 0.6 is 0 Å². The summed E-state index contributed by atoms with van der Waals surface area (Å²) >= 11 is 0. The number of carboxylic acids is 1.